The lowest BCUT2D eigenvalue weighted by molar-refractivity contribution is 0.131. The van der Waals surface area contributed by atoms with Crippen molar-refractivity contribution in [1.82, 2.24) is 18.4 Å². The fourth-order valence-corrected chi connectivity index (χ4v) is 3.60. The minimum Gasteiger partial charge on any atom is -0.479 e. The van der Waals surface area contributed by atoms with Crippen LogP contribution in [-0.4, -0.2) is 73.9 Å². The third-order valence-electron chi connectivity index (χ3n) is 4.58. The van der Waals surface area contributed by atoms with Crippen LogP contribution >= 0.6 is 58.9 Å². The molecule has 236 valence electrons. The van der Waals surface area contributed by atoms with Gasteiger partial charge in [-0.25, -0.2) is 23.0 Å². The van der Waals surface area contributed by atoms with Gasteiger partial charge in [-0.05, 0) is 32.4 Å². The highest BCUT2D eigenvalue weighted by atomic mass is 35.5. The summed E-state index contributed by atoms with van der Waals surface area (Å²) < 4.78 is 13.8. The van der Waals surface area contributed by atoms with Gasteiger partial charge in [-0.2, -0.15) is 4.68 Å². The molecule has 1 aromatic heterocycles. The molecular weight excluding hydrogens is 663 g/mol. The van der Waals surface area contributed by atoms with Crippen LogP contribution in [0.25, 0.3) is 5.69 Å². The lowest BCUT2D eigenvalue weighted by atomic mass is 9.97. The number of rotatable bonds is 7. The van der Waals surface area contributed by atoms with Crippen LogP contribution in [0.3, 0.4) is 0 Å². The number of ether oxygens (including phenoxy) is 1. The summed E-state index contributed by atoms with van der Waals surface area (Å²) >= 11 is 15.7. The maximum Gasteiger partial charge on any atom is 0.447 e. The van der Waals surface area contributed by atoms with E-state index in [4.69, 9.17) is 38.8 Å². The Morgan fingerprint density at radius 1 is 1.05 bits per heavy atom. The second-order valence-electron chi connectivity index (χ2n) is 8.98. The van der Waals surface area contributed by atoms with Gasteiger partial charge in [-0.3, -0.25) is 9.68 Å². The second-order valence-corrected chi connectivity index (χ2v) is 13.1. The van der Waals surface area contributed by atoms with Crippen molar-refractivity contribution in [3.05, 3.63) is 38.6 Å². The Balaban J connectivity index is 0.000000431. The fraction of sp³-hybridized carbons (Fsp3) is 0.440. The van der Waals surface area contributed by atoms with Crippen molar-refractivity contribution in [2.75, 3.05) is 33.2 Å². The van der Waals surface area contributed by atoms with E-state index >= 15 is 0 Å². The zero-order chi connectivity index (χ0) is 32.9. The van der Waals surface area contributed by atoms with Crippen molar-refractivity contribution in [3.8, 4) is 23.8 Å². The van der Waals surface area contributed by atoms with Gasteiger partial charge in [0.2, 0.25) is 5.89 Å². The Morgan fingerprint density at radius 3 is 1.98 bits per heavy atom. The minimum absolute atomic E-state index is 0.0434. The Hall–Kier alpha value is -2.97. The zero-order valence-corrected chi connectivity index (χ0v) is 28.9. The standard InChI is InChI=1S/C15H14Cl2N2O3.C10H18N4O4S3/c1-5-6-21-12-8-11(9(16)7-10(12)17)19-14(20)22-13(18-19)15(2,3)4;1-7(19-5)11-17-9(15)13(3)21-14(4)10(16)18-12-8(2)20-6/h1,7-8H,6H2,2-4H3;1-6H3/b;11-7+,12-8+. The van der Waals surface area contributed by atoms with Crippen LogP contribution in [-0.2, 0) is 15.1 Å². The molecule has 0 aliphatic heterocycles. The topological polar surface area (TPSA) is 141 Å². The van der Waals surface area contributed by atoms with Gasteiger partial charge in [0.25, 0.3) is 0 Å². The summed E-state index contributed by atoms with van der Waals surface area (Å²) in [6.07, 6.45) is 7.35. The summed E-state index contributed by atoms with van der Waals surface area (Å²) in [4.78, 5) is 44.6. The number of carbonyl (C=O) groups is 2. The number of hydrogen-bond donors (Lipinski definition) is 0. The molecule has 0 saturated heterocycles. The summed E-state index contributed by atoms with van der Waals surface area (Å²) in [7, 11) is 2.88. The normalized spacial score (nSPS) is 11.6. The van der Waals surface area contributed by atoms with Crippen molar-refractivity contribution < 1.29 is 28.4 Å². The maximum atomic E-state index is 12.0. The Morgan fingerprint density at radius 2 is 1.56 bits per heavy atom. The van der Waals surface area contributed by atoms with Crippen LogP contribution in [0.4, 0.5) is 9.59 Å². The van der Waals surface area contributed by atoms with Crippen LogP contribution < -0.4 is 10.5 Å². The SMILES string of the molecule is C#CCOc1cc(-n2nc(C(C)(C)C)oc2=O)c(Cl)cc1Cl.CS/C(C)=N/OC(=O)N(C)SN(C)C(=O)O/N=C(\C)SC. The van der Waals surface area contributed by atoms with Gasteiger partial charge < -0.3 is 9.15 Å². The van der Waals surface area contributed by atoms with E-state index in [1.165, 1.54) is 49.8 Å². The average molecular weight is 696 g/mol. The Kier molecular flexibility index (Phi) is 15.9. The second kappa shape index (κ2) is 18.0. The van der Waals surface area contributed by atoms with Crippen LogP contribution in [0, 0.1) is 12.3 Å². The number of benzene rings is 1. The number of amides is 2. The molecule has 2 amide bonds. The summed E-state index contributed by atoms with van der Waals surface area (Å²) in [5, 5.41) is 13.1. The molecule has 0 unspecified atom stereocenters. The Bertz CT molecular complexity index is 1400. The molecule has 0 radical (unpaired) electrons. The van der Waals surface area contributed by atoms with Crippen molar-refractivity contribution in [3.63, 3.8) is 0 Å². The molecule has 0 N–H and O–H groups in total. The number of aromatic nitrogens is 2. The van der Waals surface area contributed by atoms with Gasteiger partial charge in [0.05, 0.1) is 27.9 Å². The number of halogens is 2. The number of thioether (sulfide) groups is 2. The predicted octanol–water partition coefficient (Wildman–Crippen LogP) is 6.52. The first kappa shape index (κ1) is 38.1. The molecule has 0 fully saturated rings. The van der Waals surface area contributed by atoms with Crippen molar-refractivity contribution in [2.24, 2.45) is 10.3 Å². The molecule has 1 heterocycles. The fourth-order valence-electron chi connectivity index (χ4n) is 2.29. The molecule has 18 heteroatoms. The number of oxime groups is 2. The van der Waals surface area contributed by atoms with E-state index < -0.39 is 23.4 Å². The molecule has 0 aliphatic carbocycles. The molecule has 2 aromatic rings. The lowest BCUT2D eigenvalue weighted by Crippen LogP contribution is -2.28. The molecule has 1 aromatic carbocycles. The Labute approximate surface area is 272 Å². The molecular formula is C25H32Cl2N6O7S3. The smallest absolute Gasteiger partial charge is 0.447 e. The van der Waals surface area contributed by atoms with Crippen LogP contribution in [0.2, 0.25) is 10.0 Å². The first-order valence-corrected chi connectivity index (χ1v) is 15.9. The molecule has 0 saturated carbocycles. The number of carbonyl (C=O) groups excluding carboxylic acids is 2. The molecule has 2 rings (SSSR count). The van der Waals surface area contributed by atoms with E-state index in [-0.39, 0.29) is 16.7 Å². The summed E-state index contributed by atoms with van der Waals surface area (Å²) in [6, 6.07) is 2.96. The predicted molar refractivity (Wildman–Crippen MR) is 174 cm³/mol. The molecule has 0 bridgehead atoms. The van der Waals surface area contributed by atoms with E-state index in [0.717, 1.165) is 25.4 Å². The number of terminal acetylenes is 1. The van der Waals surface area contributed by atoms with Gasteiger partial charge in [0.15, 0.2) is 0 Å². The average Bonchev–Trinajstić information content (AvgIpc) is 3.35. The highest BCUT2D eigenvalue weighted by molar-refractivity contribution is 8.13. The highest BCUT2D eigenvalue weighted by Gasteiger charge is 2.24. The van der Waals surface area contributed by atoms with E-state index in [9.17, 15) is 14.4 Å². The third-order valence-corrected chi connectivity index (χ3v) is 7.30. The van der Waals surface area contributed by atoms with Crippen LogP contribution in [0.15, 0.2) is 31.7 Å². The van der Waals surface area contributed by atoms with E-state index in [1.54, 1.807) is 13.8 Å². The summed E-state index contributed by atoms with van der Waals surface area (Å²) in [5.74, 6) is 2.31. The molecule has 43 heavy (non-hydrogen) atoms. The van der Waals surface area contributed by atoms with Gasteiger partial charge in [-0.15, -0.1) is 35.0 Å². The zero-order valence-electron chi connectivity index (χ0n) is 25.0. The van der Waals surface area contributed by atoms with Crippen molar-refractivity contribution >= 4 is 81.1 Å². The first-order valence-electron chi connectivity index (χ1n) is 12.0. The minimum atomic E-state index is -0.711. The summed E-state index contributed by atoms with van der Waals surface area (Å²) in [5.41, 5.74) is -0.103. The number of hydrogen-bond acceptors (Lipinski definition) is 13. The van der Waals surface area contributed by atoms with E-state index in [2.05, 4.69) is 31.0 Å². The third kappa shape index (κ3) is 12.7. The molecule has 13 nitrogen and oxygen atoms in total. The van der Waals surface area contributed by atoms with Gasteiger partial charge in [0, 0.05) is 25.6 Å². The number of nitrogens with zero attached hydrogens (tertiary/aromatic N) is 6. The largest absolute Gasteiger partial charge is 0.479 e. The molecule has 0 atom stereocenters. The molecule has 0 aliphatic rings. The van der Waals surface area contributed by atoms with Crippen LogP contribution in [0.1, 0.15) is 40.5 Å². The van der Waals surface area contributed by atoms with E-state index in [1.807, 2.05) is 33.3 Å². The monoisotopic (exact) mass is 694 g/mol. The summed E-state index contributed by atoms with van der Waals surface area (Å²) in [6.45, 7) is 9.11. The van der Waals surface area contributed by atoms with Gasteiger partial charge >= 0.3 is 17.9 Å². The van der Waals surface area contributed by atoms with E-state index in [0.29, 0.717) is 27.4 Å². The molecule has 0 spiro atoms. The maximum absolute atomic E-state index is 12.0. The van der Waals surface area contributed by atoms with Crippen molar-refractivity contribution in [1.29, 1.82) is 0 Å². The quantitative estimate of drug-likeness (QED) is 0.0781. The van der Waals surface area contributed by atoms with Crippen LogP contribution in [0.5, 0.6) is 5.75 Å². The van der Waals surface area contributed by atoms with Crippen molar-refractivity contribution in [2.45, 2.75) is 40.0 Å². The van der Waals surface area contributed by atoms with Gasteiger partial charge in [-0.1, -0.05) is 60.2 Å². The first-order chi connectivity index (χ1) is 20.0. The van der Waals surface area contributed by atoms with Gasteiger partial charge in [0.1, 0.15) is 22.4 Å². The lowest BCUT2D eigenvalue weighted by Gasteiger charge is -2.19. The highest BCUT2D eigenvalue weighted by Crippen LogP contribution is 2.33.